The van der Waals surface area contributed by atoms with Gasteiger partial charge in [0.1, 0.15) is 5.78 Å². The van der Waals surface area contributed by atoms with E-state index in [1.165, 1.54) is 43.4 Å². The van der Waals surface area contributed by atoms with Crippen molar-refractivity contribution < 1.29 is 4.79 Å². The van der Waals surface area contributed by atoms with Crippen molar-refractivity contribution in [3.8, 4) is 0 Å². The summed E-state index contributed by atoms with van der Waals surface area (Å²) in [6.07, 6.45) is 14.1. The Labute approximate surface area is 145 Å². The first-order valence-electron chi connectivity index (χ1n) is 9.44. The molecule has 5 atom stereocenters. The lowest BCUT2D eigenvalue weighted by Gasteiger charge is -2.58. The molecule has 3 fully saturated rings. The maximum absolute atomic E-state index is 12.5. The zero-order valence-corrected chi connectivity index (χ0v) is 15.5. The molecule has 126 valence electrons. The maximum Gasteiger partial charge on any atom is 0.139 e. The van der Waals surface area contributed by atoms with Crippen LogP contribution in [-0.4, -0.2) is 17.8 Å². The molecule has 0 radical (unpaired) electrons. The van der Waals surface area contributed by atoms with Crippen LogP contribution in [0.15, 0.2) is 23.8 Å². The van der Waals surface area contributed by atoms with Crippen LogP contribution in [0.25, 0.3) is 0 Å². The van der Waals surface area contributed by atoms with Gasteiger partial charge in [0, 0.05) is 23.0 Å². The van der Waals surface area contributed by atoms with Gasteiger partial charge in [0.2, 0.25) is 0 Å². The number of hydrogen-bond acceptors (Lipinski definition) is 2. The van der Waals surface area contributed by atoms with Crippen LogP contribution in [0.2, 0.25) is 0 Å². The summed E-state index contributed by atoms with van der Waals surface area (Å²) in [5, 5.41) is 0. The Morgan fingerprint density at radius 2 is 2.04 bits per heavy atom. The number of Topliss-reactive ketones (excluding diaryl/α,β-unsaturated/α-hetero) is 1. The molecule has 0 bridgehead atoms. The Kier molecular flexibility index (Phi) is 3.83. The second kappa shape index (κ2) is 5.51. The monoisotopic (exact) mass is 330 g/mol. The summed E-state index contributed by atoms with van der Waals surface area (Å²) < 4.78 is 0. The summed E-state index contributed by atoms with van der Waals surface area (Å²) in [7, 11) is 0. The molecule has 0 amide bonds. The average molecular weight is 331 g/mol. The first-order valence-corrected chi connectivity index (χ1v) is 10.8. The number of carbonyl (C=O) groups excluding carboxylic acids is 1. The highest BCUT2D eigenvalue weighted by Crippen LogP contribution is 2.66. The number of carbonyl (C=O) groups is 1. The Bertz CT molecular complexity index is 576. The maximum atomic E-state index is 12.5. The quantitative estimate of drug-likeness (QED) is 0.629. The van der Waals surface area contributed by atoms with Crippen molar-refractivity contribution in [1.29, 1.82) is 0 Å². The van der Waals surface area contributed by atoms with Crippen molar-refractivity contribution in [1.82, 2.24) is 0 Å². The van der Waals surface area contributed by atoms with Crippen LogP contribution in [0, 0.1) is 28.6 Å². The van der Waals surface area contributed by atoms with E-state index in [2.05, 4.69) is 25.8 Å². The van der Waals surface area contributed by atoms with Gasteiger partial charge in [-0.3, -0.25) is 4.79 Å². The number of allylic oxidation sites excluding steroid dienone is 3. The minimum Gasteiger partial charge on any atom is -0.299 e. The average Bonchev–Trinajstić information content (AvgIpc) is 2.84. The normalized spacial score (nSPS) is 46.0. The summed E-state index contributed by atoms with van der Waals surface area (Å²) >= 11 is 2.00. The molecule has 1 nitrogen and oxygen atoms in total. The van der Waals surface area contributed by atoms with E-state index in [0.717, 1.165) is 31.1 Å². The first-order chi connectivity index (χ1) is 11.0. The van der Waals surface area contributed by atoms with Gasteiger partial charge in [-0.2, -0.15) is 11.8 Å². The van der Waals surface area contributed by atoms with Crippen molar-refractivity contribution in [2.24, 2.45) is 28.6 Å². The van der Waals surface area contributed by atoms with Crippen LogP contribution in [0.5, 0.6) is 0 Å². The fourth-order valence-corrected chi connectivity index (χ4v) is 7.86. The van der Waals surface area contributed by atoms with Crippen molar-refractivity contribution in [3.63, 3.8) is 0 Å². The van der Waals surface area contributed by atoms with Crippen molar-refractivity contribution >= 4 is 17.5 Å². The van der Waals surface area contributed by atoms with Gasteiger partial charge in [-0.1, -0.05) is 30.7 Å². The topological polar surface area (TPSA) is 17.1 Å². The summed E-state index contributed by atoms with van der Waals surface area (Å²) in [6, 6.07) is 0. The first kappa shape index (κ1) is 16.0. The molecule has 0 spiro atoms. The Morgan fingerprint density at radius 1 is 1.22 bits per heavy atom. The highest BCUT2D eigenvalue weighted by atomic mass is 32.2. The van der Waals surface area contributed by atoms with E-state index >= 15 is 0 Å². The Morgan fingerprint density at radius 3 is 2.83 bits per heavy atom. The Hall–Kier alpha value is -0.500. The van der Waals surface area contributed by atoms with Crippen LogP contribution in [0.3, 0.4) is 0 Å². The van der Waals surface area contributed by atoms with E-state index < -0.39 is 0 Å². The van der Waals surface area contributed by atoms with Gasteiger partial charge in [-0.15, -0.1) is 0 Å². The van der Waals surface area contributed by atoms with Gasteiger partial charge in [0.05, 0.1) is 0 Å². The number of rotatable bonds is 2. The molecule has 4 rings (SSSR count). The third-order valence-corrected chi connectivity index (χ3v) is 8.68. The number of ketones is 1. The van der Waals surface area contributed by atoms with Crippen molar-refractivity contribution in [2.45, 2.75) is 58.3 Å². The highest BCUT2D eigenvalue weighted by molar-refractivity contribution is 7.98. The fourth-order valence-electron chi connectivity index (χ4n) is 6.80. The number of fused-ring (bicyclic) bond motifs is 5. The van der Waals surface area contributed by atoms with Crippen LogP contribution >= 0.6 is 11.8 Å². The van der Waals surface area contributed by atoms with Crippen LogP contribution < -0.4 is 0 Å². The highest BCUT2D eigenvalue weighted by Gasteiger charge is 2.60. The molecule has 0 N–H and O–H groups in total. The van der Waals surface area contributed by atoms with Gasteiger partial charge in [0.15, 0.2) is 0 Å². The van der Waals surface area contributed by atoms with Gasteiger partial charge >= 0.3 is 0 Å². The van der Waals surface area contributed by atoms with E-state index in [-0.39, 0.29) is 10.8 Å². The molecule has 23 heavy (non-hydrogen) atoms. The minimum atomic E-state index is -0.00106. The molecule has 3 saturated carbocycles. The molecule has 0 heterocycles. The molecule has 0 aromatic heterocycles. The number of thioether (sulfide) groups is 1. The number of hydrogen-bond donors (Lipinski definition) is 0. The van der Waals surface area contributed by atoms with E-state index in [1.807, 2.05) is 11.8 Å². The van der Waals surface area contributed by atoms with Crippen LogP contribution in [-0.2, 0) is 4.79 Å². The molecule has 0 saturated heterocycles. The largest absolute Gasteiger partial charge is 0.299 e. The molecule has 4 aliphatic carbocycles. The van der Waals surface area contributed by atoms with Crippen LogP contribution in [0.4, 0.5) is 0 Å². The third kappa shape index (κ3) is 2.03. The fraction of sp³-hybridized carbons (Fsp3) is 0.762. The minimum absolute atomic E-state index is 0.00106. The van der Waals surface area contributed by atoms with Crippen molar-refractivity contribution in [3.05, 3.63) is 23.8 Å². The lowest BCUT2D eigenvalue weighted by Crippen LogP contribution is -2.52. The molecular formula is C21H30OS. The molecule has 0 aromatic rings. The standard InChI is InChI=1S/C21H30OS/c1-14-5-4-6-15-7-8-16-17-9-10-19(22)20(17,2)12-11-18(16)21(14,15)13-23-3/h6,16-18H,1,4-5,7-13H2,2-3H3/t16-,17-,18-,20-,21-/m0/s1. The summed E-state index contributed by atoms with van der Waals surface area (Å²) in [5.41, 5.74) is 3.47. The third-order valence-electron chi connectivity index (χ3n) is 7.94. The zero-order valence-electron chi connectivity index (χ0n) is 14.7. The van der Waals surface area contributed by atoms with Crippen LogP contribution in [0.1, 0.15) is 58.3 Å². The second-order valence-electron chi connectivity index (χ2n) is 8.61. The van der Waals surface area contributed by atoms with Gasteiger partial charge in [-0.05, 0) is 69.0 Å². The molecule has 4 aliphatic rings. The van der Waals surface area contributed by atoms with E-state index in [0.29, 0.717) is 11.7 Å². The smallest absolute Gasteiger partial charge is 0.139 e. The van der Waals surface area contributed by atoms with E-state index in [1.54, 1.807) is 5.57 Å². The summed E-state index contributed by atoms with van der Waals surface area (Å²) in [6.45, 7) is 6.86. The predicted molar refractivity (Wildman–Crippen MR) is 98.6 cm³/mol. The molecule has 2 heteroatoms. The lowest BCUT2D eigenvalue weighted by molar-refractivity contribution is -0.131. The predicted octanol–water partition coefficient (Wildman–Crippen LogP) is 5.42. The zero-order chi connectivity index (χ0) is 16.2. The van der Waals surface area contributed by atoms with Crippen molar-refractivity contribution in [2.75, 3.05) is 12.0 Å². The molecule has 0 unspecified atom stereocenters. The summed E-state index contributed by atoms with van der Waals surface area (Å²) in [4.78, 5) is 12.5. The Balaban J connectivity index is 1.76. The molecular weight excluding hydrogens is 300 g/mol. The van der Waals surface area contributed by atoms with Gasteiger partial charge in [0.25, 0.3) is 0 Å². The molecule has 0 aliphatic heterocycles. The van der Waals surface area contributed by atoms with E-state index in [4.69, 9.17) is 0 Å². The SMILES string of the molecule is C=C1CCC=C2CC[C@@H]3[C@H](CC[C@]4(C)C(=O)CC[C@@H]34)[C@@]12CSC. The van der Waals surface area contributed by atoms with Gasteiger partial charge in [-0.25, -0.2) is 0 Å². The van der Waals surface area contributed by atoms with E-state index in [9.17, 15) is 4.79 Å². The second-order valence-corrected chi connectivity index (χ2v) is 9.48. The lowest BCUT2D eigenvalue weighted by atomic mass is 9.46. The molecule has 0 aromatic carbocycles. The summed E-state index contributed by atoms with van der Waals surface area (Å²) in [5.74, 6) is 3.90. The van der Waals surface area contributed by atoms with Gasteiger partial charge < -0.3 is 0 Å².